The van der Waals surface area contributed by atoms with E-state index in [9.17, 15) is 9.59 Å². The van der Waals surface area contributed by atoms with Gasteiger partial charge in [0.1, 0.15) is 0 Å². The van der Waals surface area contributed by atoms with Crippen molar-refractivity contribution < 1.29 is 9.59 Å². The second-order valence-corrected chi connectivity index (χ2v) is 8.35. The van der Waals surface area contributed by atoms with Gasteiger partial charge >= 0.3 is 0 Å². The molecule has 5 heteroatoms. The summed E-state index contributed by atoms with van der Waals surface area (Å²) in [7, 11) is 0. The number of benzene rings is 2. The molecule has 1 aromatic heterocycles. The fourth-order valence-corrected chi connectivity index (χ4v) is 4.37. The van der Waals surface area contributed by atoms with E-state index < -0.39 is 0 Å². The summed E-state index contributed by atoms with van der Waals surface area (Å²) in [6.45, 7) is 6.57. The van der Waals surface area contributed by atoms with Gasteiger partial charge in [-0.3, -0.25) is 14.5 Å². The summed E-state index contributed by atoms with van der Waals surface area (Å²) in [5.41, 5.74) is 4.16. The average molecular weight is 391 g/mol. The molecule has 4 nitrogen and oxygen atoms in total. The fourth-order valence-electron chi connectivity index (χ4n) is 3.54. The summed E-state index contributed by atoms with van der Waals surface area (Å²) in [5.74, 6) is -0.224. The minimum atomic E-state index is -0.224. The lowest BCUT2D eigenvalue weighted by Gasteiger charge is -2.12. The van der Waals surface area contributed by atoms with E-state index in [0.717, 1.165) is 39.4 Å². The lowest BCUT2D eigenvalue weighted by Crippen LogP contribution is -2.27. The van der Waals surface area contributed by atoms with Gasteiger partial charge < -0.3 is 4.57 Å². The minimum absolute atomic E-state index is 0.217. The molecule has 4 rings (SSSR count). The number of para-hydroxylation sites is 1. The zero-order valence-electron chi connectivity index (χ0n) is 16.2. The molecule has 0 atom stereocenters. The molecule has 0 spiro atoms. The molecule has 0 radical (unpaired) electrons. The maximum absolute atomic E-state index is 12.9. The summed E-state index contributed by atoms with van der Waals surface area (Å²) in [4.78, 5) is 27.2. The average Bonchev–Trinajstić information content (AvgIpc) is 3.15. The van der Waals surface area contributed by atoms with Crippen LogP contribution in [0.4, 0.5) is 4.79 Å². The number of rotatable bonds is 4. The van der Waals surface area contributed by atoms with E-state index in [1.807, 2.05) is 49.4 Å². The molecule has 2 heterocycles. The number of aromatic nitrogens is 1. The van der Waals surface area contributed by atoms with Gasteiger partial charge in [-0.05, 0) is 50.2 Å². The van der Waals surface area contributed by atoms with Crippen molar-refractivity contribution in [3.05, 3.63) is 76.3 Å². The van der Waals surface area contributed by atoms with Crippen LogP contribution in [0.2, 0.25) is 0 Å². The number of thioether (sulfide) groups is 1. The highest BCUT2D eigenvalue weighted by molar-refractivity contribution is 8.18. The molecule has 1 aliphatic heterocycles. The standard InChI is InChI=1S/C23H22N2O2S/c1-15(2)24-14-18(19-9-4-5-10-20(19)24)12-21-22(26)25(23(27)28-21)13-17-8-6-7-16(3)11-17/h4-12,14-15H,13H2,1-3H3/b21-12+. The summed E-state index contributed by atoms with van der Waals surface area (Å²) in [6, 6.07) is 16.3. The molecule has 0 aliphatic carbocycles. The van der Waals surface area contributed by atoms with Crippen LogP contribution in [-0.2, 0) is 11.3 Å². The zero-order valence-corrected chi connectivity index (χ0v) is 17.0. The van der Waals surface area contributed by atoms with Crippen LogP contribution in [0.25, 0.3) is 17.0 Å². The molecule has 0 unspecified atom stereocenters. The zero-order chi connectivity index (χ0) is 19.8. The third-order valence-electron chi connectivity index (χ3n) is 4.91. The van der Waals surface area contributed by atoms with Gasteiger partial charge in [0.25, 0.3) is 11.1 Å². The van der Waals surface area contributed by atoms with Crippen LogP contribution in [0.1, 0.15) is 36.6 Å². The molecule has 1 fully saturated rings. The van der Waals surface area contributed by atoms with Gasteiger partial charge in [0.2, 0.25) is 0 Å². The third kappa shape index (κ3) is 3.38. The number of aryl methyl sites for hydroxylation is 1. The van der Waals surface area contributed by atoms with Crippen molar-refractivity contribution in [2.75, 3.05) is 0 Å². The highest BCUT2D eigenvalue weighted by Gasteiger charge is 2.35. The van der Waals surface area contributed by atoms with Crippen molar-refractivity contribution in [3.63, 3.8) is 0 Å². The smallest absolute Gasteiger partial charge is 0.293 e. The van der Waals surface area contributed by atoms with Gasteiger partial charge in [-0.1, -0.05) is 48.0 Å². The van der Waals surface area contributed by atoms with Crippen LogP contribution in [0.3, 0.4) is 0 Å². The number of imide groups is 1. The van der Waals surface area contributed by atoms with Gasteiger partial charge in [0.05, 0.1) is 11.4 Å². The Morgan fingerprint density at radius 1 is 1.07 bits per heavy atom. The molecule has 3 aromatic rings. The Balaban J connectivity index is 1.67. The second kappa shape index (κ2) is 7.32. The molecule has 142 valence electrons. The predicted molar refractivity (Wildman–Crippen MR) is 115 cm³/mol. The van der Waals surface area contributed by atoms with E-state index >= 15 is 0 Å². The Morgan fingerprint density at radius 3 is 2.61 bits per heavy atom. The number of hydrogen-bond donors (Lipinski definition) is 0. The summed E-state index contributed by atoms with van der Waals surface area (Å²) in [6.07, 6.45) is 3.91. The van der Waals surface area contributed by atoms with E-state index in [1.54, 1.807) is 0 Å². The number of hydrogen-bond acceptors (Lipinski definition) is 3. The molecule has 0 bridgehead atoms. The molecule has 28 heavy (non-hydrogen) atoms. The molecule has 1 saturated heterocycles. The van der Waals surface area contributed by atoms with Crippen molar-refractivity contribution in [3.8, 4) is 0 Å². The normalized spacial score (nSPS) is 16.1. The molecule has 0 saturated carbocycles. The van der Waals surface area contributed by atoms with Gasteiger partial charge in [0, 0.05) is 28.7 Å². The summed E-state index contributed by atoms with van der Waals surface area (Å²) in [5, 5.41) is 0.868. The van der Waals surface area contributed by atoms with E-state index in [2.05, 4.69) is 36.7 Å². The number of nitrogens with zero attached hydrogens (tertiary/aromatic N) is 2. The number of carbonyl (C=O) groups is 2. The second-order valence-electron chi connectivity index (χ2n) is 7.36. The Labute approximate surface area is 168 Å². The molecule has 2 aromatic carbocycles. The van der Waals surface area contributed by atoms with Crippen LogP contribution in [0, 0.1) is 6.92 Å². The van der Waals surface area contributed by atoms with Crippen molar-refractivity contribution >= 4 is 39.9 Å². The van der Waals surface area contributed by atoms with Crippen molar-refractivity contribution in [2.45, 2.75) is 33.4 Å². The maximum atomic E-state index is 12.9. The summed E-state index contributed by atoms with van der Waals surface area (Å²) >= 11 is 1.02. The lowest BCUT2D eigenvalue weighted by atomic mass is 10.1. The van der Waals surface area contributed by atoms with Crippen molar-refractivity contribution in [2.24, 2.45) is 0 Å². The number of amides is 2. The predicted octanol–water partition coefficient (Wildman–Crippen LogP) is 5.77. The lowest BCUT2D eigenvalue weighted by molar-refractivity contribution is -0.123. The minimum Gasteiger partial charge on any atom is -0.344 e. The van der Waals surface area contributed by atoms with Crippen LogP contribution in [-0.4, -0.2) is 20.6 Å². The topological polar surface area (TPSA) is 42.3 Å². The molecule has 1 aliphatic rings. The number of fused-ring (bicyclic) bond motifs is 1. The summed E-state index contributed by atoms with van der Waals surface area (Å²) < 4.78 is 2.19. The Bertz CT molecular complexity index is 1110. The largest absolute Gasteiger partial charge is 0.344 e. The first-order chi connectivity index (χ1) is 13.4. The van der Waals surface area contributed by atoms with Crippen molar-refractivity contribution in [1.82, 2.24) is 9.47 Å². The van der Waals surface area contributed by atoms with Crippen molar-refractivity contribution in [1.29, 1.82) is 0 Å². The first kappa shape index (κ1) is 18.6. The number of carbonyl (C=O) groups excluding carboxylic acids is 2. The highest BCUT2D eigenvalue weighted by atomic mass is 32.2. The van der Waals surface area contributed by atoms with Crippen LogP contribution < -0.4 is 0 Å². The molecular formula is C23H22N2O2S. The van der Waals surface area contributed by atoms with E-state index in [0.29, 0.717) is 17.5 Å². The Hall–Kier alpha value is -2.79. The Kier molecular flexibility index (Phi) is 4.85. The van der Waals surface area contributed by atoms with Gasteiger partial charge in [0.15, 0.2) is 0 Å². The quantitative estimate of drug-likeness (QED) is 0.531. The van der Waals surface area contributed by atoms with Gasteiger partial charge in [-0.2, -0.15) is 0 Å². The van der Waals surface area contributed by atoms with Gasteiger partial charge in [-0.15, -0.1) is 0 Å². The monoisotopic (exact) mass is 390 g/mol. The van der Waals surface area contributed by atoms with E-state index in [1.165, 1.54) is 4.90 Å². The SMILES string of the molecule is Cc1cccc(CN2C(=O)S/C(=C/c3cn(C(C)C)c4ccccc34)C2=O)c1. The van der Waals surface area contributed by atoms with E-state index in [4.69, 9.17) is 0 Å². The highest BCUT2D eigenvalue weighted by Crippen LogP contribution is 2.35. The first-order valence-electron chi connectivity index (χ1n) is 9.34. The Morgan fingerprint density at radius 2 is 1.86 bits per heavy atom. The fraction of sp³-hybridized carbons (Fsp3) is 0.217. The maximum Gasteiger partial charge on any atom is 0.293 e. The molecular weight excluding hydrogens is 368 g/mol. The van der Waals surface area contributed by atoms with E-state index in [-0.39, 0.29) is 11.1 Å². The molecule has 2 amide bonds. The molecule has 0 N–H and O–H groups in total. The third-order valence-corrected chi connectivity index (χ3v) is 5.82. The van der Waals surface area contributed by atoms with Crippen LogP contribution in [0.5, 0.6) is 0 Å². The first-order valence-corrected chi connectivity index (χ1v) is 10.2. The van der Waals surface area contributed by atoms with Gasteiger partial charge in [-0.25, -0.2) is 0 Å². The van der Waals surface area contributed by atoms with Crippen LogP contribution in [0.15, 0.2) is 59.6 Å². The van der Waals surface area contributed by atoms with Crippen LogP contribution >= 0.6 is 11.8 Å².